The van der Waals surface area contributed by atoms with Crippen molar-refractivity contribution in [2.24, 2.45) is 5.92 Å². The van der Waals surface area contributed by atoms with E-state index in [1.807, 2.05) is 17.5 Å². The van der Waals surface area contributed by atoms with E-state index >= 15 is 0 Å². The number of hydrogen-bond donors (Lipinski definition) is 1. The number of thioether (sulfide) groups is 1. The van der Waals surface area contributed by atoms with Crippen molar-refractivity contribution < 1.29 is 23.2 Å². The second-order valence-corrected chi connectivity index (χ2v) is 11.8. The Bertz CT molecular complexity index is 1610. The molecule has 3 amide bonds. The van der Waals surface area contributed by atoms with Crippen molar-refractivity contribution in [3.05, 3.63) is 97.1 Å². The van der Waals surface area contributed by atoms with Gasteiger partial charge in [-0.05, 0) is 60.0 Å². The number of carbonyl (C=O) groups is 3. The molecule has 0 saturated carbocycles. The fourth-order valence-corrected chi connectivity index (χ4v) is 8.47. The molecule has 12 heteroatoms. The highest BCUT2D eigenvalue weighted by Crippen LogP contribution is 2.54. The summed E-state index contributed by atoms with van der Waals surface area (Å²) in [7, 11) is 0. The first-order valence-corrected chi connectivity index (χ1v) is 14.0. The minimum atomic E-state index is -0.826. The monoisotopic (exact) mass is 569 g/mol. The van der Waals surface area contributed by atoms with E-state index in [1.165, 1.54) is 64.4 Å². The van der Waals surface area contributed by atoms with Crippen LogP contribution < -0.4 is 15.1 Å². The van der Waals surface area contributed by atoms with Crippen LogP contribution in [0.2, 0.25) is 0 Å². The van der Waals surface area contributed by atoms with E-state index in [1.54, 1.807) is 0 Å². The average molecular weight is 570 g/mol. The van der Waals surface area contributed by atoms with Crippen LogP contribution in [0.5, 0.6) is 0 Å². The number of carbonyl (C=O) groups excluding carboxylic acids is 3. The average Bonchev–Trinajstić information content (AvgIpc) is 3.59. The van der Waals surface area contributed by atoms with E-state index in [2.05, 4.69) is 5.32 Å². The predicted octanol–water partition coefficient (Wildman–Crippen LogP) is 4.68. The zero-order valence-electron chi connectivity index (χ0n) is 19.3. The lowest BCUT2D eigenvalue weighted by molar-refractivity contribution is -0.122. The molecule has 2 aromatic heterocycles. The SMILES string of the molecule is O=C(Cn1c2c(sc1=O)[C@@H](c1cccs1)[C@@H]1C(=O)N(c3ccc(F)cc3)C(=O)[C@@H]1S2)Nc1ccc(F)cc1. The number of nitrogens with zero attached hydrogens (tertiary/aromatic N) is 2. The highest BCUT2D eigenvalue weighted by atomic mass is 32.2. The van der Waals surface area contributed by atoms with Crippen molar-refractivity contribution in [2.75, 3.05) is 10.2 Å². The largest absolute Gasteiger partial charge is 0.325 e. The Labute approximate surface area is 226 Å². The molecule has 4 heterocycles. The van der Waals surface area contributed by atoms with E-state index < -0.39 is 46.4 Å². The molecule has 1 saturated heterocycles. The summed E-state index contributed by atoms with van der Waals surface area (Å²) in [5.74, 6) is -3.59. The number of nitrogens with one attached hydrogen (secondary N) is 1. The number of aromatic nitrogens is 1. The summed E-state index contributed by atoms with van der Waals surface area (Å²) in [6.07, 6.45) is 0. The van der Waals surface area contributed by atoms with Gasteiger partial charge in [-0.15, -0.1) is 11.3 Å². The number of rotatable bonds is 5. The van der Waals surface area contributed by atoms with Crippen LogP contribution >= 0.6 is 34.4 Å². The molecule has 0 unspecified atom stereocenters. The van der Waals surface area contributed by atoms with Crippen molar-refractivity contribution >= 4 is 63.5 Å². The molecule has 192 valence electrons. The van der Waals surface area contributed by atoms with Gasteiger partial charge in [-0.1, -0.05) is 29.2 Å². The van der Waals surface area contributed by atoms with Gasteiger partial charge in [0.25, 0.3) is 0 Å². The molecular formula is C26H17F2N3O4S3. The molecule has 0 radical (unpaired) electrons. The molecule has 4 aromatic rings. The smallest absolute Gasteiger partial charge is 0.308 e. The molecule has 0 aliphatic carbocycles. The molecule has 2 aliphatic heterocycles. The fourth-order valence-electron chi connectivity index (χ4n) is 4.75. The van der Waals surface area contributed by atoms with Gasteiger partial charge < -0.3 is 5.32 Å². The van der Waals surface area contributed by atoms with Gasteiger partial charge in [0.05, 0.1) is 16.6 Å². The Kier molecular flexibility index (Phi) is 6.25. The lowest BCUT2D eigenvalue weighted by Gasteiger charge is -2.29. The van der Waals surface area contributed by atoms with Crippen molar-refractivity contribution in [3.8, 4) is 0 Å². The van der Waals surface area contributed by atoms with Gasteiger partial charge in [0, 0.05) is 21.4 Å². The number of hydrogen-bond acceptors (Lipinski definition) is 7. The van der Waals surface area contributed by atoms with Crippen molar-refractivity contribution in [3.63, 3.8) is 0 Å². The van der Waals surface area contributed by atoms with Crippen LogP contribution in [0.25, 0.3) is 0 Å². The summed E-state index contributed by atoms with van der Waals surface area (Å²) >= 11 is 3.48. The van der Waals surface area contributed by atoms with Gasteiger partial charge in [0.15, 0.2) is 0 Å². The summed E-state index contributed by atoms with van der Waals surface area (Å²) in [5.41, 5.74) is 0.657. The Hall–Kier alpha value is -3.61. The van der Waals surface area contributed by atoms with Gasteiger partial charge in [0.1, 0.15) is 23.4 Å². The van der Waals surface area contributed by atoms with Crippen LogP contribution in [-0.4, -0.2) is 27.5 Å². The van der Waals surface area contributed by atoms with E-state index in [9.17, 15) is 28.0 Å². The van der Waals surface area contributed by atoms with E-state index in [0.717, 1.165) is 32.9 Å². The lowest BCUT2D eigenvalue weighted by atomic mass is 9.87. The van der Waals surface area contributed by atoms with Gasteiger partial charge in [-0.25, -0.2) is 13.7 Å². The standard InChI is InChI=1S/C26H17F2N3O4S3/c27-13-3-7-15(8-4-13)29-18(32)12-30-25-22(38-26(30)35)19(17-2-1-11-36-17)20-21(37-25)24(34)31(23(20)33)16-9-5-14(28)6-10-16/h1-11,19-21H,12H2,(H,29,32)/t19-,20-,21+/m0/s1. The number of anilines is 2. The Morgan fingerprint density at radius 3 is 2.26 bits per heavy atom. The molecule has 7 nitrogen and oxygen atoms in total. The quantitative estimate of drug-likeness (QED) is 0.353. The minimum Gasteiger partial charge on any atom is -0.325 e. The number of fused-ring (bicyclic) bond motifs is 2. The number of amides is 3. The first kappa shape index (κ1) is 24.7. The summed E-state index contributed by atoms with van der Waals surface area (Å²) < 4.78 is 28.1. The molecule has 2 aromatic carbocycles. The predicted molar refractivity (Wildman–Crippen MR) is 142 cm³/mol. The lowest BCUT2D eigenvalue weighted by Crippen LogP contribution is -2.32. The highest BCUT2D eigenvalue weighted by Gasteiger charge is 2.57. The van der Waals surface area contributed by atoms with Crippen LogP contribution in [0.15, 0.2) is 75.9 Å². The molecule has 0 spiro atoms. The third-order valence-corrected chi connectivity index (χ3v) is 9.97. The van der Waals surface area contributed by atoms with Crippen molar-refractivity contribution in [1.29, 1.82) is 0 Å². The Morgan fingerprint density at radius 1 is 0.921 bits per heavy atom. The van der Waals surface area contributed by atoms with E-state index in [4.69, 9.17) is 0 Å². The second kappa shape index (κ2) is 9.61. The summed E-state index contributed by atoms with van der Waals surface area (Å²) in [6, 6.07) is 14.1. The third kappa shape index (κ3) is 4.18. The molecule has 0 bridgehead atoms. The van der Waals surface area contributed by atoms with Crippen LogP contribution in [0.3, 0.4) is 0 Å². The molecule has 1 fully saturated rings. The van der Waals surface area contributed by atoms with Crippen molar-refractivity contribution in [2.45, 2.75) is 22.7 Å². The van der Waals surface area contributed by atoms with Gasteiger partial charge in [-0.3, -0.25) is 23.7 Å². The molecule has 3 atom stereocenters. The maximum atomic E-state index is 13.7. The van der Waals surface area contributed by atoms with E-state index in [0.29, 0.717) is 15.6 Å². The van der Waals surface area contributed by atoms with Gasteiger partial charge >= 0.3 is 4.87 Å². The van der Waals surface area contributed by atoms with Crippen molar-refractivity contribution in [1.82, 2.24) is 4.57 Å². The summed E-state index contributed by atoms with van der Waals surface area (Å²) in [6.45, 7) is -0.312. The maximum Gasteiger partial charge on any atom is 0.308 e. The number of thiazole rings is 1. The van der Waals surface area contributed by atoms with Gasteiger partial charge in [-0.2, -0.15) is 0 Å². The molecule has 6 rings (SSSR count). The summed E-state index contributed by atoms with van der Waals surface area (Å²) in [4.78, 5) is 55.3. The van der Waals surface area contributed by atoms with Crippen LogP contribution in [-0.2, 0) is 20.9 Å². The number of thiophene rings is 1. The van der Waals surface area contributed by atoms with Crippen LogP contribution in [0.1, 0.15) is 15.7 Å². The zero-order valence-corrected chi connectivity index (χ0v) is 21.7. The molecule has 1 N–H and O–H groups in total. The second-order valence-electron chi connectivity index (χ2n) is 8.72. The number of benzene rings is 2. The van der Waals surface area contributed by atoms with Crippen LogP contribution in [0.4, 0.5) is 20.2 Å². The Morgan fingerprint density at radius 2 is 1.61 bits per heavy atom. The van der Waals surface area contributed by atoms with E-state index in [-0.39, 0.29) is 17.1 Å². The topological polar surface area (TPSA) is 88.5 Å². The number of imide groups is 1. The van der Waals surface area contributed by atoms with Gasteiger partial charge in [0.2, 0.25) is 17.7 Å². The zero-order chi connectivity index (χ0) is 26.6. The number of halogens is 2. The minimum absolute atomic E-state index is 0.278. The first-order chi connectivity index (χ1) is 18.3. The third-order valence-electron chi connectivity index (χ3n) is 6.41. The van der Waals surface area contributed by atoms with Crippen LogP contribution in [0, 0.1) is 17.6 Å². The fraction of sp³-hybridized carbons (Fsp3) is 0.154. The molecular weight excluding hydrogens is 553 g/mol. The molecule has 38 heavy (non-hydrogen) atoms. The normalized spacial score (nSPS) is 20.4. The summed E-state index contributed by atoms with van der Waals surface area (Å²) in [5, 5.41) is 4.15. The Balaban J connectivity index is 1.38. The molecule has 2 aliphatic rings. The highest BCUT2D eigenvalue weighted by molar-refractivity contribution is 8.00. The first-order valence-electron chi connectivity index (χ1n) is 11.4. The maximum absolute atomic E-state index is 13.7.